The molecule has 1 atom stereocenters. The van der Waals surface area contributed by atoms with Crippen LogP contribution in [0.15, 0.2) is 24.3 Å². The molecule has 2 aromatic rings. The van der Waals surface area contributed by atoms with Crippen molar-refractivity contribution in [2.45, 2.75) is 59.0 Å². The van der Waals surface area contributed by atoms with Gasteiger partial charge in [-0.1, -0.05) is 45.0 Å². The van der Waals surface area contributed by atoms with Crippen molar-refractivity contribution in [1.82, 2.24) is 0 Å². The van der Waals surface area contributed by atoms with Crippen LogP contribution in [0.5, 0.6) is 17.2 Å². The largest absolute Gasteiger partial charge is 0.507 e. The molecule has 1 heterocycles. The number of hydrogen-bond acceptors (Lipinski definition) is 5. The maximum atomic E-state index is 12.2. The van der Waals surface area contributed by atoms with Gasteiger partial charge in [0.25, 0.3) is 0 Å². The summed E-state index contributed by atoms with van der Waals surface area (Å²) < 4.78 is 6.08. The zero-order chi connectivity index (χ0) is 20.8. The molecule has 0 aromatic heterocycles. The van der Waals surface area contributed by atoms with Crippen molar-refractivity contribution in [2.24, 2.45) is 0 Å². The molecule has 0 radical (unpaired) electrons. The number of rotatable bonds is 3. The number of ether oxygens (including phenoxy) is 1. The molecule has 0 spiro atoms. The van der Waals surface area contributed by atoms with Crippen LogP contribution in [0, 0.1) is 0 Å². The van der Waals surface area contributed by atoms with E-state index in [1.807, 2.05) is 12.1 Å². The van der Waals surface area contributed by atoms with Crippen molar-refractivity contribution in [3.8, 4) is 17.2 Å². The highest BCUT2D eigenvalue weighted by Crippen LogP contribution is 2.48. The predicted octanol–water partition coefficient (Wildman–Crippen LogP) is 4.87. The van der Waals surface area contributed by atoms with Gasteiger partial charge in [-0.3, -0.25) is 9.59 Å². The van der Waals surface area contributed by atoms with Crippen LogP contribution in [-0.2, 0) is 11.8 Å². The fraction of sp³-hybridized carbons (Fsp3) is 0.391. The Morgan fingerprint density at radius 3 is 2.04 bits per heavy atom. The number of benzene rings is 2. The van der Waals surface area contributed by atoms with Crippen molar-refractivity contribution in [3.05, 3.63) is 52.1 Å². The van der Waals surface area contributed by atoms with Crippen molar-refractivity contribution in [1.29, 1.82) is 0 Å². The fourth-order valence-corrected chi connectivity index (χ4v) is 3.69. The quantitative estimate of drug-likeness (QED) is 0.740. The van der Waals surface area contributed by atoms with Crippen LogP contribution in [0.4, 0.5) is 0 Å². The van der Waals surface area contributed by atoms with E-state index in [1.165, 1.54) is 19.4 Å². The number of phenols is 2. The monoisotopic (exact) mass is 382 g/mol. The number of phenolic OH excluding ortho intramolecular Hbond substituents is 2. The van der Waals surface area contributed by atoms with Crippen LogP contribution < -0.4 is 4.74 Å². The summed E-state index contributed by atoms with van der Waals surface area (Å²) in [6.45, 7) is 8.99. The molecule has 0 amide bonds. The van der Waals surface area contributed by atoms with Gasteiger partial charge in [0, 0.05) is 5.56 Å². The van der Waals surface area contributed by atoms with E-state index in [4.69, 9.17) is 4.74 Å². The summed E-state index contributed by atoms with van der Waals surface area (Å²) in [6, 6.07) is 8.14. The Bertz CT molecular complexity index is 949. The molecule has 0 aliphatic carbocycles. The summed E-state index contributed by atoms with van der Waals surface area (Å²) in [7, 11) is 0. The van der Waals surface area contributed by atoms with Gasteiger partial charge >= 0.3 is 0 Å². The van der Waals surface area contributed by atoms with Gasteiger partial charge in [-0.25, -0.2) is 0 Å². The summed E-state index contributed by atoms with van der Waals surface area (Å²) in [5.74, 6) is -1.56. The molecular weight excluding hydrogens is 356 g/mol. The average molecular weight is 382 g/mol. The first kappa shape index (κ1) is 19.9. The normalized spacial score (nSPS) is 16.2. The number of carbonyl (C=O) groups is 2. The molecule has 1 unspecified atom stereocenters. The topological polar surface area (TPSA) is 83.8 Å². The zero-order valence-corrected chi connectivity index (χ0v) is 16.9. The van der Waals surface area contributed by atoms with Gasteiger partial charge < -0.3 is 14.9 Å². The number of aromatic hydroxyl groups is 2. The van der Waals surface area contributed by atoms with E-state index >= 15 is 0 Å². The molecule has 1 aliphatic rings. The third-order valence-corrected chi connectivity index (χ3v) is 5.27. The number of Topliss-reactive ketones (excluding diaryl/α,β-unsaturated/α-hetero) is 2. The Morgan fingerprint density at radius 1 is 0.964 bits per heavy atom. The van der Waals surface area contributed by atoms with Gasteiger partial charge in [0.1, 0.15) is 34.5 Å². The molecule has 1 aliphatic heterocycles. The van der Waals surface area contributed by atoms with Gasteiger partial charge in [0.2, 0.25) is 0 Å². The minimum Gasteiger partial charge on any atom is -0.507 e. The number of fused-ring (bicyclic) bond motifs is 1. The average Bonchev–Trinajstić information content (AvgIpc) is 2.60. The van der Waals surface area contributed by atoms with E-state index in [0.29, 0.717) is 18.4 Å². The van der Waals surface area contributed by atoms with Crippen molar-refractivity contribution < 1.29 is 24.5 Å². The van der Waals surface area contributed by atoms with Crippen LogP contribution in [0.3, 0.4) is 0 Å². The molecule has 0 bridgehead atoms. The molecule has 5 heteroatoms. The lowest BCUT2D eigenvalue weighted by atomic mass is 9.85. The molecule has 5 nitrogen and oxygen atoms in total. The number of ketones is 2. The lowest BCUT2D eigenvalue weighted by Gasteiger charge is -2.30. The van der Waals surface area contributed by atoms with E-state index in [-0.39, 0.29) is 34.1 Å². The third-order valence-electron chi connectivity index (χ3n) is 5.27. The Labute approximate surface area is 165 Å². The first-order valence-corrected chi connectivity index (χ1v) is 9.42. The van der Waals surface area contributed by atoms with Crippen molar-refractivity contribution in [3.63, 3.8) is 0 Å². The first-order valence-electron chi connectivity index (χ1n) is 9.42. The summed E-state index contributed by atoms with van der Waals surface area (Å²) in [6.07, 6.45) is 0.726. The second-order valence-corrected chi connectivity index (χ2v) is 8.38. The second-order valence-electron chi connectivity index (χ2n) is 8.38. The van der Waals surface area contributed by atoms with Gasteiger partial charge in [-0.2, -0.15) is 0 Å². The van der Waals surface area contributed by atoms with Gasteiger partial charge in [-0.15, -0.1) is 0 Å². The Morgan fingerprint density at radius 2 is 1.54 bits per heavy atom. The molecule has 2 N–H and O–H groups in total. The number of hydrogen-bond donors (Lipinski definition) is 2. The molecule has 0 saturated heterocycles. The zero-order valence-electron chi connectivity index (χ0n) is 16.9. The van der Waals surface area contributed by atoms with Crippen LogP contribution in [0.2, 0.25) is 0 Å². The van der Waals surface area contributed by atoms with Gasteiger partial charge in [-0.05, 0) is 43.2 Å². The molecule has 2 aromatic carbocycles. The maximum Gasteiger partial charge on any atom is 0.167 e. The van der Waals surface area contributed by atoms with E-state index in [0.717, 1.165) is 5.56 Å². The van der Waals surface area contributed by atoms with E-state index in [2.05, 4.69) is 32.9 Å². The Balaban J connectivity index is 2.05. The Kier molecular flexibility index (Phi) is 4.96. The maximum absolute atomic E-state index is 12.2. The van der Waals surface area contributed by atoms with Crippen LogP contribution in [0.25, 0.3) is 0 Å². The highest BCUT2D eigenvalue weighted by atomic mass is 16.5. The predicted molar refractivity (Wildman–Crippen MR) is 107 cm³/mol. The minimum absolute atomic E-state index is 0.0427. The van der Waals surface area contributed by atoms with E-state index < -0.39 is 17.3 Å². The van der Waals surface area contributed by atoms with Crippen molar-refractivity contribution >= 4 is 11.6 Å². The molecule has 3 rings (SSSR count). The molecular formula is C23H26O5. The SMILES string of the molecule is CC(=O)c1c(O)c2c(c(C(C)=O)c1O)OC(c1ccc(C(C)(C)C)cc1)CC2. The summed E-state index contributed by atoms with van der Waals surface area (Å²) >= 11 is 0. The number of carbonyl (C=O) groups excluding carboxylic acids is 2. The summed E-state index contributed by atoms with van der Waals surface area (Å²) in [5, 5.41) is 21.0. The molecule has 148 valence electrons. The Hall–Kier alpha value is -2.82. The molecule has 0 fully saturated rings. The highest BCUT2D eigenvalue weighted by molar-refractivity contribution is 6.08. The summed E-state index contributed by atoms with van der Waals surface area (Å²) in [5.41, 5.74) is 2.34. The standard InChI is InChI=1S/C23H26O5/c1-12(24)18-20(26)16-10-11-17(28-22(16)19(13(2)25)21(18)27)14-6-8-15(9-7-14)23(3,4)5/h6-9,17,26-27H,10-11H2,1-5H3. The third kappa shape index (κ3) is 3.37. The van der Waals surface area contributed by atoms with E-state index in [1.54, 1.807) is 0 Å². The van der Waals surface area contributed by atoms with Crippen LogP contribution >= 0.6 is 0 Å². The van der Waals surface area contributed by atoms with Crippen LogP contribution in [-0.4, -0.2) is 21.8 Å². The molecule has 0 saturated carbocycles. The molecule has 28 heavy (non-hydrogen) atoms. The second kappa shape index (κ2) is 6.97. The smallest absolute Gasteiger partial charge is 0.167 e. The minimum atomic E-state index is -0.514. The van der Waals surface area contributed by atoms with Gasteiger partial charge in [0.15, 0.2) is 11.6 Å². The van der Waals surface area contributed by atoms with Crippen LogP contribution in [0.1, 0.15) is 84.5 Å². The highest BCUT2D eigenvalue weighted by Gasteiger charge is 2.33. The van der Waals surface area contributed by atoms with Gasteiger partial charge in [0.05, 0.1) is 0 Å². The fourth-order valence-electron chi connectivity index (χ4n) is 3.69. The van der Waals surface area contributed by atoms with E-state index in [9.17, 15) is 19.8 Å². The van der Waals surface area contributed by atoms with Crippen molar-refractivity contribution in [2.75, 3.05) is 0 Å². The lowest BCUT2D eigenvalue weighted by Crippen LogP contribution is -2.19. The summed E-state index contributed by atoms with van der Waals surface area (Å²) in [4.78, 5) is 24.1. The lowest BCUT2D eigenvalue weighted by molar-refractivity contribution is 0.0996. The first-order chi connectivity index (χ1) is 13.0.